The van der Waals surface area contributed by atoms with Crippen molar-refractivity contribution in [3.63, 3.8) is 0 Å². The van der Waals surface area contributed by atoms with Crippen LogP contribution in [0.25, 0.3) is 0 Å². The molecule has 9 heteroatoms. The number of amides is 2. The predicted molar refractivity (Wildman–Crippen MR) is 68.3 cm³/mol. The second kappa shape index (κ2) is 5.54. The van der Waals surface area contributed by atoms with Gasteiger partial charge in [0.2, 0.25) is 11.8 Å². The molecule has 2 amide bonds. The SMILES string of the molecule is COC(=O)c1sc(NC2CCC(=O)NC2=O)nc1Cl. The Kier molecular flexibility index (Phi) is 4.01. The second-order valence-corrected chi connectivity index (χ2v) is 5.14. The summed E-state index contributed by atoms with van der Waals surface area (Å²) in [7, 11) is 1.24. The number of rotatable bonds is 3. The minimum atomic E-state index is -0.584. The molecular formula is C10H10ClN3O4S. The van der Waals surface area contributed by atoms with Crippen LogP contribution in [-0.2, 0) is 14.3 Å². The number of thiazole rings is 1. The first-order chi connectivity index (χ1) is 9.01. The largest absolute Gasteiger partial charge is 0.465 e. The molecule has 0 aromatic carbocycles. The fourth-order valence-corrected chi connectivity index (χ4v) is 2.72. The summed E-state index contributed by atoms with van der Waals surface area (Å²) in [4.78, 5) is 38.0. The van der Waals surface area contributed by atoms with Crippen molar-refractivity contribution in [1.29, 1.82) is 0 Å². The maximum atomic E-state index is 11.5. The fraction of sp³-hybridized carbons (Fsp3) is 0.400. The average molecular weight is 304 g/mol. The van der Waals surface area contributed by atoms with Crippen molar-refractivity contribution in [3.05, 3.63) is 10.0 Å². The maximum Gasteiger partial charge on any atom is 0.351 e. The van der Waals surface area contributed by atoms with Crippen LogP contribution in [0.15, 0.2) is 0 Å². The number of anilines is 1. The lowest BCUT2D eigenvalue weighted by atomic mass is 10.1. The summed E-state index contributed by atoms with van der Waals surface area (Å²) >= 11 is 6.79. The first-order valence-corrected chi connectivity index (χ1v) is 6.55. The average Bonchev–Trinajstić information content (AvgIpc) is 2.73. The van der Waals surface area contributed by atoms with E-state index in [1.54, 1.807) is 0 Å². The van der Waals surface area contributed by atoms with E-state index in [1.165, 1.54) is 7.11 Å². The summed E-state index contributed by atoms with van der Waals surface area (Å²) in [5, 5.41) is 5.41. The Balaban J connectivity index is 2.09. The molecule has 1 aliphatic heterocycles. The number of nitrogens with one attached hydrogen (secondary N) is 2. The molecule has 1 fully saturated rings. The maximum absolute atomic E-state index is 11.5. The molecule has 0 bridgehead atoms. The normalized spacial score (nSPS) is 18.9. The lowest BCUT2D eigenvalue weighted by Crippen LogP contribution is -2.47. The van der Waals surface area contributed by atoms with E-state index in [-0.39, 0.29) is 22.4 Å². The summed E-state index contributed by atoms with van der Waals surface area (Å²) in [5.74, 6) is -1.29. The smallest absolute Gasteiger partial charge is 0.351 e. The van der Waals surface area contributed by atoms with Crippen LogP contribution < -0.4 is 10.6 Å². The van der Waals surface area contributed by atoms with Crippen LogP contribution in [0.2, 0.25) is 5.15 Å². The van der Waals surface area contributed by atoms with Crippen molar-refractivity contribution in [3.8, 4) is 0 Å². The molecule has 2 heterocycles. The van der Waals surface area contributed by atoms with Gasteiger partial charge in [-0.1, -0.05) is 22.9 Å². The molecule has 1 saturated heterocycles. The molecule has 0 saturated carbocycles. The highest BCUT2D eigenvalue weighted by atomic mass is 35.5. The molecule has 102 valence electrons. The Labute approximate surface area is 117 Å². The van der Waals surface area contributed by atoms with E-state index >= 15 is 0 Å². The van der Waals surface area contributed by atoms with Crippen molar-refractivity contribution in [2.24, 2.45) is 0 Å². The van der Waals surface area contributed by atoms with Gasteiger partial charge in [0.15, 0.2) is 15.2 Å². The summed E-state index contributed by atoms with van der Waals surface area (Å²) in [6.45, 7) is 0. The van der Waals surface area contributed by atoms with E-state index in [9.17, 15) is 14.4 Å². The standard InChI is InChI=1S/C10H10ClN3O4S/c1-18-9(17)6-7(11)14-10(19-6)12-4-2-3-5(15)13-8(4)16/h4H,2-3H2,1H3,(H,12,14)(H,13,15,16). The molecular weight excluding hydrogens is 294 g/mol. The van der Waals surface area contributed by atoms with Gasteiger partial charge < -0.3 is 10.1 Å². The topological polar surface area (TPSA) is 97.4 Å². The molecule has 1 aromatic rings. The van der Waals surface area contributed by atoms with Crippen molar-refractivity contribution in [2.45, 2.75) is 18.9 Å². The Bertz CT molecular complexity index is 545. The predicted octanol–water partition coefficient (Wildman–Crippen LogP) is 0.800. The summed E-state index contributed by atoms with van der Waals surface area (Å²) in [6.07, 6.45) is 0.627. The van der Waals surface area contributed by atoms with Crippen molar-refractivity contribution >= 4 is 45.9 Å². The lowest BCUT2D eigenvalue weighted by molar-refractivity contribution is -0.133. The number of halogens is 1. The first kappa shape index (κ1) is 13.8. The minimum absolute atomic E-state index is 0.0200. The molecule has 2 N–H and O–H groups in total. The molecule has 1 unspecified atom stereocenters. The number of esters is 1. The Morgan fingerprint density at radius 2 is 2.32 bits per heavy atom. The zero-order chi connectivity index (χ0) is 14.0. The zero-order valence-electron chi connectivity index (χ0n) is 9.86. The van der Waals surface area contributed by atoms with Gasteiger partial charge in [-0.25, -0.2) is 9.78 Å². The van der Waals surface area contributed by atoms with Crippen molar-refractivity contribution in [1.82, 2.24) is 10.3 Å². The van der Waals surface area contributed by atoms with Gasteiger partial charge in [-0.05, 0) is 6.42 Å². The van der Waals surface area contributed by atoms with Gasteiger partial charge in [-0.3, -0.25) is 14.9 Å². The number of aromatic nitrogens is 1. The van der Waals surface area contributed by atoms with E-state index in [0.29, 0.717) is 11.6 Å². The van der Waals surface area contributed by atoms with Gasteiger partial charge in [0, 0.05) is 6.42 Å². The number of hydrogen-bond donors (Lipinski definition) is 2. The van der Waals surface area contributed by atoms with E-state index < -0.39 is 17.9 Å². The number of imide groups is 1. The third kappa shape index (κ3) is 3.02. The molecule has 2 rings (SSSR count). The van der Waals surface area contributed by atoms with Crippen LogP contribution in [-0.4, -0.2) is 35.9 Å². The molecule has 7 nitrogen and oxygen atoms in total. The Morgan fingerprint density at radius 1 is 1.58 bits per heavy atom. The summed E-state index contributed by atoms with van der Waals surface area (Å²) in [5.41, 5.74) is 0. The third-order valence-electron chi connectivity index (χ3n) is 2.49. The third-order valence-corrected chi connectivity index (χ3v) is 3.85. The molecule has 0 aliphatic carbocycles. The van der Waals surface area contributed by atoms with Crippen molar-refractivity contribution in [2.75, 3.05) is 12.4 Å². The number of ether oxygens (including phenoxy) is 1. The molecule has 19 heavy (non-hydrogen) atoms. The molecule has 0 spiro atoms. The van der Waals surface area contributed by atoms with Crippen LogP contribution in [0, 0.1) is 0 Å². The Hall–Kier alpha value is -1.67. The number of piperidine rings is 1. The molecule has 1 aliphatic rings. The minimum Gasteiger partial charge on any atom is -0.465 e. The van der Waals surface area contributed by atoms with Gasteiger partial charge in [-0.2, -0.15) is 0 Å². The summed E-state index contributed by atoms with van der Waals surface area (Å²) in [6, 6.07) is -0.564. The highest BCUT2D eigenvalue weighted by molar-refractivity contribution is 7.18. The van der Waals surface area contributed by atoms with E-state index in [0.717, 1.165) is 11.3 Å². The quantitative estimate of drug-likeness (QED) is 0.633. The van der Waals surface area contributed by atoms with Crippen molar-refractivity contribution < 1.29 is 19.1 Å². The lowest BCUT2D eigenvalue weighted by Gasteiger charge is -2.21. The monoisotopic (exact) mass is 303 g/mol. The van der Waals surface area contributed by atoms with Gasteiger partial charge in [-0.15, -0.1) is 0 Å². The van der Waals surface area contributed by atoms with Crippen LogP contribution in [0.3, 0.4) is 0 Å². The second-order valence-electron chi connectivity index (χ2n) is 3.78. The fourth-order valence-electron chi connectivity index (χ4n) is 1.56. The van der Waals surface area contributed by atoms with Crippen LogP contribution in [0.1, 0.15) is 22.5 Å². The number of nitrogens with zero attached hydrogens (tertiary/aromatic N) is 1. The number of methoxy groups -OCH3 is 1. The number of carbonyl (C=O) groups is 3. The molecule has 1 aromatic heterocycles. The Morgan fingerprint density at radius 3 is 2.95 bits per heavy atom. The van der Waals surface area contributed by atoms with Gasteiger partial charge >= 0.3 is 5.97 Å². The van der Waals surface area contributed by atoms with Crippen LogP contribution in [0.5, 0.6) is 0 Å². The highest BCUT2D eigenvalue weighted by Crippen LogP contribution is 2.28. The number of carbonyl (C=O) groups excluding carboxylic acids is 3. The molecule has 1 atom stereocenters. The van der Waals surface area contributed by atoms with E-state index in [4.69, 9.17) is 11.6 Å². The zero-order valence-corrected chi connectivity index (χ0v) is 11.4. The first-order valence-electron chi connectivity index (χ1n) is 5.36. The highest BCUT2D eigenvalue weighted by Gasteiger charge is 2.28. The molecule has 0 radical (unpaired) electrons. The van der Waals surface area contributed by atoms with E-state index in [2.05, 4.69) is 20.4 Å². The van der Waals surface area contributed by atoms with E-state index in [1.807, 2.05) is 0 Å². The van der Waals surface area contributed by atoms with Crippen LogP contribution in [0.4, 0.5) is 5.13 Å². The van der Waals surface area contributed by atoms with Crippen LogP contribution >= 0.6 is 22.9 Å². The number of hydrogen-bond acceptors (Lipinski definition) is 7. The van der Waals surface area contributed by atoms with Gasteiger partial charge in [0.05, 0.1) is 7.11 Å². The summed E-state index contributed by atoms with van der Waals surface area (Å²) < 4.78 is 4.55. The van der Waals surface area contributed by atoms with Gasteiger partial charge in [0.25, 0.3) is 0 Å². The van der Waals surface area contributed by atoms with Gasteiger partial charge in [0.1, 0.15) is 6.04 Å².